The van der Waals surface area contributed by atoms with E-state index < -0.39 is 17.4 Å². The molecule has 3 atom stereocenters. The van der Waals surface area contributed by atoms with Crippen LogP contribution in [-0.4, -0.2) is 44.6 Å². The Kier molecular flexibility index (Phi) is 7.05. The lowest BCUT2D eigenvalue weighted by Crippen LogP contribution is -2.58. The summed E-state index contributed by atoms with van der Waals surface area (Å²) >= 11 is 0. The highest BCUT2D eigenvalue weighted by atomic mass is 19.4. The zero-order chi connectivity index (χ0) is 26.2. The first-order valence-corrected chi connectivity index (χ1v) is 12.0. The predicted octanol–water partition coefficient (Wildman–Crippen LogP) is 4.66. The standard InChI is InChI=1S/C26H29F3N6O/c1-5-6-21-15-34(24-23-22(33(4)25(36)32-24)12-11-20(13-30)31-23)16(2)14-35(21)17(3)18-7-9-19(10-8-18)26(27,28)29/h7-12,16-17,21H,5-6,14-15H2,1-4H3/t16-,17-,21+/m0/s1. The number of rotatable bonds is 5. The largest absolute Gasteiger partial charge is 0.416 e. The number of anilines is 1. The molecule has 36 heavy (non-hydrogen) atoms. The number of piperazine rings is 1. The molecule has 10 heteroatoms. The number of hydrogen-bond donors (Lipinski definition) is 0. The molecule has 0 N–H and O–H groups in total. The molecule has 1 aromatic carbocycles. The van der Waals surface area contributed by atoms with E-state index in [0.29, 0.717) is 29.9 Å². The number of hydrogen-bond acceptors (Lipinski definition) is 6. The molecule has 0 bridgehead atoms. The molecule has 4 rings (SSSR count). The van der Waals surface area contributed by atoms with Gasteiger partial charge in [-0.1, -0.05) is 25.5 Å². The molecule has 1 saturated heterocycles. The average Bonchev–Trinajstić information content (AvgIpc) is 2.86. The third kappa shape index (κ3) is 4.80. The second kappa shape index (κ2) is 9.90. The van der Waals surface area contributed by atoms with Gasteiger partial charge in [-0.2, -0.15) is 23.4 Å². The normalized spacial score (nSPS) is 19.9. The minimum Gasteiger partial charge on any atom is -0.349 e. The monoisotopic (exact) mass is 498 g/mol. The molecule has 0 radical (unpaired) electrons. The molecular weight excluding hydrogens is 469 g/mol. The number of aryl methyl sites for hydroxylation is 1. The van der Waals surface area contributed by atoms with Crippen LogP contribution in [0.1, 0.15) is 56.5 Å². The fourth-order valence-corrected chi connectivity index (χ4v) is 5.04. The minimum absolute atomic E-state index is 0.0506. The van der Waals surface area contributed by atoms with Crippen molar-refractivity contribution in [1.29, 1.82) is 5.26 Å². The van der Waals surface area contributed by atoms with E-state index in [9.17, 15) is 23.2 Å². The highest BCUT2D eigenvalue weighted by Gasteiger charge is 2.36. The smallest absolute Gasteiger partial charge is 0.349 e. The third-order valence-corrected chi connectivity index (χ3v) is 7.05. The summed E-state index contributed by atoms with van der Waals surface area (Å²) in [6, 6.07) is 10.7. The maximum atomic E-state index is 13.0. The molecule has 3 aromatic rings. The van der Waals surface area contributed by atoms with E-state index in [1.807, 2.05) is 13.8 Å². The van der Waals surface area contributed by atoms with E-state index in [4.69, 9.17) is 0 Å². The summed E-state index contributed by atoms with van der Waals surface area (Å²) in [6.07, 6.45) is -2.58. The molecular formula is C26H29F3N6O. The van der Waals surface area contributed by atoms with E-state index in [1.165, 1.54) is 4.57 Å². The molecule has 7 nitrogen and oxygen atoms in total. The Hall–Kier alpha value is -3.45. The van der Waals surface area contributed by atoms with Gasteiger partial charge in [-0.25, -0.2) is 9.78 Å². The molecule has 0 amide bonds. The number of fused-ring (bicyclic) bond motifs is 1. The Morgan fingerprint density at radius 1 is 1.14 bits per heavy atom. The van der Waals surface area contributed by atoms with Crippen LogP contribution in [0.5, 0.6) is 0 Å². The van der Waals surface area contributed by atoms with Gasteiger partial charge < -0.3 is 4.90 Å². The van der Waals surface area contributed by atoms with Crippen molar-refractivity contribution < 1.29 is 13.2 Å². The van der Waals surface area contributed by atoms with E-state index in [-0.39, 0.29) is 23.8 Å². The van der Waals surface area contributed by atoms with Gasteiger partial charge in [0.25, 0.3) is 0 Å². The SMILES string of the molecule is CCC[C@@H]1CN(c2nc(=O)n(C)c3ccc(C#N)nc23)[C@@H](C)CN1[C@@H](C)c1ccc(C(F)(F)F)cc1. The third-order valence-electron chi connectivity index (χ3n) is 7.05. The highest BCUT2D eigenvalue weighted by Crippen LogP contribution is 2.34. The van der Waals surface area contributed by atoms with Gasteiger partial charge in [-0.3, -0.25) is 9.47 Å². The van der Waals surface area contributed by atoms with Crippen LogP contribution in [0.25, 0.3) is 11.0 Å². The van der Waals surface area contributed by atoms with E-state index in [0.717, 1.165) is 30.5 Å². The Labute approximate surface area is 207 Å². The second-order valence-electron chi connectivity index (χ2n) is 9.39. The number of benzene rings is 1. The molecule has 0 aliphatic carbocycles. The van der Waals surface area contributed by atoms with Gasteiger partial charge in [-0.05, 0) is 50.1 Å². The summed E-state index contributed by atoms with van der Waals surface area (Å²) < 4.78 is 40.5. The first-order valence-electron chi connectivity index (χ1n) is 12.0. The Bertz CT molecular complexity index is 1350. The van der Waals surface area contributed by atoms with Crippen molar-refractivity contribution in [3.63, 3.8) is 0 Å². The average molecular weight is 499 g/mol. The van der Waals surface area contributed by atoms with Crippen molar-refractivity contribution in [2.45, 2.75) is 57.9 Å². The minimum atomic E-state index is -4.37. The van der Waals surface area contributed by atoms with Crippen LogP contribution < -0.4 is 10.6 Å². The summed E-state index contributed by atoms with van der Waals surface area (Å²) in [6.45, 7) is 7.35. The van der Waals surface area contributed by atoms with Crippen LogP contribution in [0.2, 0.25) is 0 Å². The maximum absolute atomic E-state index is 13.0. The van der Waals surface area contributed by atoms with E-state index in [2.05, 4.69) is 32.8 Å². The molecule has 0 spiro atoms. The van der Waals surface area contributed by atoms with Crippen molar-refractivity contribution in [2.75, 3.05) is 18.0 Å². The van der Waals surface area contributed by atoms with Crippen LogP contribution in [-0.2, 0) is 13.2 Å². The Balaban J connectivity index is 1.69. The molecule has 0 saturated carbocycles. The second-order valence-corrected chi connectivity index (χ2v) is 9.39. The van der Waals surface area contributed by atoms with Gasteiger partial charge in [0, 0.05) is 38.3 Å². The lowest BCUT2D eigenvalue weighted by molar-refractivity contribution is -0.137. The van der Waals surface area contributed by atoms with Crippen LogP contribution in [0.3, 0.4) is 0 Å². The zero-order valence-electron chi connectivity index (χ0n) is 20.8. The molecule has 1 aliphatic heterocycles. The van der Waals surface area contributed by atoms with Gasteiger partial charge in [-0.15, -0.1) is 0 Å². The van der Waals surface area contributed by atoms with Crippen LogP contribution in [0.15, 0.2) is 41.2 Å². The number of aromatic nitrogens is 3. The first kappa shape index (κ1) is 25.6. The zero-order valence-corrected chi connectivity index (χ0v) is 20.8. The van der Waals surface area contributed by atoms with E-state index in [1.54, 1.807) is 31.3 Å². The predicted molar refractivity (Wildman–Crippen MR) is 132 cm³/mol. The van der Waals surface area contributed by atoms with Gasteiger partial charge in [0.1, 0.15) is 17.3 Å². The summed E-state index contributed by atoms with van der Waals surface area (Å²) in [5.41, 5.74) is 1.11. The molecule has 2 aromatic heterocycles. The number of nitrogens with zero attached hydrogens (tertiary/aromatic N) is 6. The quantitative estimate of drug-likeness (QED) is 0.509. The fraction of sp³-hybridized carbons (Fsp3) is 0.462. The van der Waals surface area contributed by atoms with Crippen molar-refractivity contribution in [3.05, 3.63) is 63.7 Å². The highest BCUT2D eigenvalue weighted by molar-refractivity contribution is 5.86. The van der Waals surface area contributed by atoms with Crippen LogP contribution in [0, 0.1) is 11.3 Å². The lowest BCUT2D eigenvalue weighted by atomic mass is 9.97. The number of alkyl halides is 3. The van der Waals surface area contributed by atoms with Gasteiger partial charge in [0.15, 0.2) is 5.82 Å². The lowest BCUT2D eigenvalue weighted by Gasteiger charge is -2.48. The summed E-state index contributed by atoms with van der Waals surface area (Å²) in [5, 5.41) is 9.37. The Morgan fingerprint density at radius 2 is 1.83 bits per heavy atom. The van der Waals surface area contributed by atoms with Crippen LogP contribution in [0.4, 0.5) is 19.0 Å². The summed E-state index contributed by atoms with van der Waals surface area (Å²) in [4.78, 5) is 25.9. The Morgan fingerprint density at radius 3 is 2.44 bits per heavy atom. The summed E-state index contributed by atoms with van der Waals surface area (Å²) in [7, 11) is 1.63. The molecule has 1 aliphatic rings. The molecule has 0 unspecified atom stereocenters. The van der Waals surface area contributed by atoms with Crippen molar-refractivity contribution in [2.24, 2.45) is 7.05 Å². The van der Waals surface area contributed by atoms with E-state index >= 15 is 0 Å². The molecule has 1 fully saturated rings. The van der Waals surface area contributed by atoms with Gasteiger partial charge in [0.05, 0.1) is 11.1 Å². The fourth-order valence-electron chi connectivity index (χ4n) is 5.04. The van der Waals surface area contributed by atoms with Gasteiger partial charge >= 0.3 is 11.9 Å². The maximum Gasteiger partial charge on any atom is 0.416 e. The summed E-state index contributed by atoms with van der Waals surface area (Å²) in [5.74, 6) is 0.459. The number of halogens is 3. The first-order chi connectivity index (χ1) is 17.0. The number of pyridine rings is 1. The molecule has 3 heterocycles. The van der Waals surface area contributed by atoms with Crippen molar-refractivity contribution in [1.82, 2.24) is 19.4 Å². The molecule has 190 valence electrons. The van der Waals surface area contributed by atoms with Crippen LogP contribution >= 0.6 is 0 Å². The van der Waals surface area contributed by atoms with Crippen molar-refractivity contribution >= 4 is 16.9 Å². The van der Waals surface area contributed by atoms with Gasteiger partial charge in [0.2, 0.25) is 0 Å². The number of nitriles is 1. The topological polar surface area (TPSA) is 78.0 Å². The van der Waals surface area contributed by atoms with Crippen molar-refractivity contribution in [3.8, 4) is 6.07 Å².